The van der Waals surface area contributed by atoms with Crippen LogP contribution in [0, 0.1) is 0 Å². The lowest BCUT2D eigenvalue weighted by molar-refractivity contribution is -0.134. The molecular weight excluding hydrogens is 156 g/mol. The van der Waals surface area contributed by atoms with E-state index in [-0.39, 0.29) is 5.97 Å². The minimum Gasteiger partial charge on any atom is -0.466 e. The third kappa shape index (κ3) is 1.95. The number of nitrogens with one attached hydrogen (secondary N) is 1. The first-order chi connectivity index (χ1) is 5.74. The smallest absolute Gasteiger partial charge is 0.330 e. The van der Waals surface area contributed by atoms with Crippen LogP contribution in [0.25, 0.3) is 5.57 Å². The highest BCUT2D eigenvalue weighted by molar-refractivity contribution is 5.90. The zero-order valence-corrected chi connectivity index (χ0v) is 7.00. The number of hydrogen-bond donors (Lipinski definition) is 1. The van der Waals surface area contributed by atoms with Crippen molar-refractivity contribution < 1.29 is 9.53 Å². The summed E-state index contributed by atoms with van der Waals surface area (Å²) >= 11 is 0. The Labute approximate surface area is 70.2 Å². The number of allylic oxidation sites excluding steroid dienone is 1. The molecule has 12 heavy (non-hydrogen) atoms. The molecular formula is C8H10N2O2. The summed E-state index contributed by atoms with van der Waals surface area (Å²) in [5, 5.41) is 6.50. The monoisotopic (exact) mass is 166 g/mol. The predicted molar refractivity (Wildman–Crippen MR) is 44.3 cm³/mol. The van der Waals surface area contributed by atoms with E-state index in [0.717, 1.165) is 11.3 Å². The maximum absolute atomic E-state index is 10.8. The van der Waals surface area contributed by atoms with Gasteiger partial charge in [0, 0.05) is 12.3 Å². The second kappa shape index (κ2) is 3.71. The second-order valence-corrected chi connectivity index (χ2v) is 2.32. The number of aromatic amines is 1. The molecule has 1 rings (SSSR count). The average molecular weight is 166 g/mol. The van der Waals surface area contributed by atoms with Crippen LogP contribution in [-0.4, -0.2) is 23.3 Å². The van der Waals surface area contributed by atoms with Crippen molar-refractivity contribution in [2.75, 3.05) is 7.11 Å². The first kappa shape index (κ1) is 8.52. The molecule has 1 N–H and O–H groups in total. The average Bonchev–Trinajstić information content (AvgIpc) is 2.56. The van der Waals surface area contributed by atoms with Gasteiger partial charge in [-0.15, -0.1) is 0 Å². The van der Waals surface area contributed by atoms with Gasteiger partial charge in [-0.1, -0.05) is 0 Å². The number of H-pyrrole nitrogens is 1. The Morgan fingerprint density at radius 2 is 2.50 bits per heavy atom. The van der Waals surface area contributed by atoms with Crippen molar-refractivity contribution in [3.05, 3.63) is 24.0 Å². The molecule has 0 atom stereocenters. The highest BCUT2D eigenvalue weighted by Gasteiger charge is 1.99. The molecule has 0 aromatic carbocycles. The van der Waals surface area contributed by atoms with Crippen LogP contribution in [-0.2, 0) is 9.53 Å². The van der Waals surface area contributed by atoms with Crippen molar-refractivity contribution in [3.8, 4) is 0 Å². The molecule has 1 aromatic rings. The summed E-state index contributed by atoms with van der Waals surface area (Å²) in [5.41, 5.74) is 1.62. The molecule has 64 valence electrons. The van der Waals surface area contributed by atoms with Crippen LogP contribution >= 0.6 is 0 Å². The summed E-state index contributed by atoms with van der Waals surface area (Å²) in [7, 11) is 1.35. The van der Waals surface area contributed by atoms with Gasteiger partial charge < -0.3 is 4.74 Å². The van der Waals surface area contributed by atoms with Gasteiger partial charge in [0.15, 0.2) is 0 Å². The lowest BCUT2D eigenvalue weighted by Crippen LogP contribution is -1.95. The van der Waals surface area contributed by atoms with E-state index in [9.17, 15) is 4.79 Å². The standard InChI is InChI=1S/C8H10N2O2/c1-6(5-8(11)12-2)7-3-4-9-10-7/h3-5H,1-2H3,(H,9,10)/b6-5-. The zero-order valence-electron chi connectivity index (χ0n) is 7.00. The van der Waals surface area contributed by atoms with Crippen LogP contribution in [0.1, 0.15) is 12.6 Å². The number of ether oxygens (including phenoxy) is 1. The van der Waals surface area contributed by atoms with Crippen molar-refractivity contribution in [2.24, 2.45) is 0 Å². The second-order valence-electron chi connectivity index (χ2n) is 2.32. The first-order valence-corrected chi connectivity index (χ1v) is 3.50. The van der Waals surface area contributed by atoms with Gasteiger partial charge >= 0.3 is 5.97 Å². The van der Waals surface area contributed by atoms with Crippen LogP contribution in [0.4, 0.5) is 0 Å². The Morgan fingerprint density at radius 1 is 1.75 bits per heavy atom. The van der Waals surface area contributed by atoms with Gasteiger partial charge in [0.1, 0.15) is 0 Å². The van der Waals surface area contributed by atoms with Crippen molar-refractivity contribution in [3.63, 3.8) is 0 Å². The van der Waals surface area contributed by atoms with E-state index in [4.69, 9.17) is 0 Å². The summed E-state index contributed by atoms with van der Waals surface area (Å²) in [6, 6.07) is 1.79. The van der Waals surface area contributed by atoms with Gasteiger partial charge in [-0.25, -0.2) is 4.79 Å². The van der Waals surface area contributed by atoms with Crippen molar-refractivity contribution in [1.29, 1.82) is 0 Å². The molecule has 1 heterocycles. The molecule has 0 radical (unpaired) electrons. The Kier molecular flexibility index (Phi) is 2.63. The number of aromatic nitrogens is 2. The predicted octanol–water partition coefficient (Wildman–Crippen LogP) is 0.986. The fourth-order valence-electron chi connectivity index (χ4n) is 0.789. The van der Waals surface area contributed by atoms with Crippen molar-refractivity contribution in [2.45, 2.75) is 6.92 Å². The Balaban J connectivity index is 2.77. The fourth-order valence-corrected chi connectivity index (χ4v) is 0.789. The molecule has 0 aliphatic heterocycles. The number of carbonyl (C=O) groups is 1. The van der Waals surface area contributed by atoms with Crippen LogP contribution in [0.15, 0.2) is 18.3 Å². The van der Waals surface area contributed by atoms with Crippen LogP contribution < -0.4 is 0 Å². The third-order valence-corrected chi connectivity index (χ3v) is 1.46. The topological polar surface area (TPSA) is 55.0 Å². The fraction of sp³-hybridized carbons (Fsp3) is 0.250. The molecule has 0 spiro atoms. The van der Waals surface area contributed by atoms with Crippen LogP contribution in [0.5, 0.6) is 0 Å². The zero-order chi connectivity index (χ0) is 8.97. The lowest BCUT2D eigenvalue weighted by atomic mass is 10.2. The molecule has 0 unspecified atom stereocenters. The summed E-state index contributed by atoms with van der Waals surface area (Å²) in [6.07, 6.45) is 3.04. The van der Waals surface area contributed by atoms with Crippen molar-refractivity contribution >= 4 is 11.5 Å². The van der Waals surface area contributed by atoms with Gasteiger partial charge in [-0.05, 0) is 18.6 Å². The largest absolute Gasteiger partial charge is 0.466 e. The Morgan fingerprint density at radius 3 is 3.00 bits per heavy atom. The first-order valence-electron chi connectivity index (χ1n) is 3.50. The number of rotatable bonds is 2. The van der Waals surface area contributed by atoms with E-state index in [1.165, 1.54) is 13.2 Å². The van der Waals surface area contributed by atoms with E-state index < -0.39 is 0 Å². The van der Waals surface area contributed by atoms with E-state index in [0.29, 0.717) is 0 Å². The summed E-state index contributed by atoms with van der Waals surface area (Å²) in [6.45, 7) is 1.81. The normalized spacial score (nSPS) is 11.3. The van der Waals surface area contributed by atoms with Gasteiger partial charge in [-0.2, -0.15) is 5.10 Å². The number of nitrogens with zero attached hydrogens (tertiary/aromatic N) is 1. The SMILES string of the molecule is COC(=O)/C=C(/C)c1ccn[nH]1. The van der Waals surface area contributed by atoms with E-state index in [1.807, 2.05) is 6.92 Å². The minimum atomic E-state index is -0.359. The molecule has 0 aliphatic rings. The highest BCUT2D eigenvalue weighted by atomic mass is 16.5. The van der Waals surface area contributed by atoms with Gasteiger partial charge in [0.25, 0.3) is 0 Å². The van der Waals surface area contributed by atoms with E-state index in [1.54, 1.807) is 12.3 Å². The lowest BCUT2D eigenvalue weighted by Gasteiger charge is -1.95. The Hall–Kier alpha value is -1.58. The van der Waals surface area contributed by atoms with Gasteiger partial charge in [-0.3, -0.25) is 5.10 Å². The Bertz CT molecular complexity index is 288. The van der Waals surface area contributed by atoms with Crippen LogP contribution in [0.3, 0.4) is 0 Å². The summed E-state index contributed by atoms with van der Waals surface area (Å²) in [5.74, 6) is -0.359. The molecule has 4 nitrogen and oxygen atoms in total. The molecule has 0 aliphatic carbocycles. The molecule has 0 fully saturated rings. The number of hydrogen-bond acceptors (Lipinski definition) is 3. The maximum atomic E-state index is 10.8. The molecule has 0 bridgehead atoms. The highest BCUT2D eigenvalue weighted by Crippen LogP contribution is 2.08. The maximum Gasteiger partial charge on any atom is 0.330 e. The summed E-state index contributed by atoms with van der Waals surface area (Å²) < 4.78 is 4.47. The van der Waals surface area contributed by atoms with Gasteiger partial charge in [0.2, 0.25) is 0 Å². The number of methoxy groups -OCH3 is 1. The quantitative estimate of drug-likeness (QED) is 0.526. The minimum absolute atomic E-state index is 0.359. The number of esters is 1. The summed E-state index contributed by atoms with van der Waals surface area (Å²) in [4.78, 5) is 10.8. The van der Waals surface area contributed by atoms with E-state index in [2.05, 4.69) is 14.9 Å². The molecule has 0 amide bonds. The van der Waals surface area contributed by atoms with Gasteiger partial charge in [0.05, 0.1) is 12.8 Å². The van der Waals surface area contributed by atoms with Crippen LogP contribution in [0.2, 0.25) is 0 Å². The number of carbonyl (C=O) groups excluding carboxylic acids is 1. The molecule has 0 saturated heterocycles. The molecule has 1 aromatic heterocycles. The third-order valence-electron chi connectivity index (χ3n) is 1.46. The van der Waals surface area contributed by atoms with E-state index >= 15 is 0 Å². The van der Waals surface area contributed by atoms with Crippen molar-refractivity contribution in [1.82, 2.24) is 10.2 Å². The molecule has 0 saturated carbocycles. The molecule has 4 heteroatoms.